The minimum absolute atomic E-state index is 0.142. The number of hydrogen-bond acceptors (Lipinski definition) is 5. The molecular weight excluding hydrogens is 400 g/mol. The number of aliphatic imine (C=N–C) groups is 1. The van der Waals surface area contributed by atoms with Crippen molar-refractivity contribution in [3.05, 3.63) is 101 Å². The lowest BCUT2D eigenvalue weighted by molar-refractivity contribution is 0.442. The maximum atomic E-state index is 12.0. The van der Waals surface area contributed by atoms with Crippen LogP contribution in [0.25, 0.3) is 16.5 Å². The second-order valence-electron chi connectivity index (χ2n) is 7.37. The lowest BCUT2D eigenvalue weighted by Gasteiger charge is -2.06. The summed E-state index contributed by atoms with van der Waals surface area (Å²) in [6.07, 6.45) is 8.20. The van der Waals surface area contributed by atoms with Crippen LogP contribution in [0.15, 0.2) is 88.9 Å². The number of allylic oxidation sites excluding steroid dienone is 1. The molecule has 1 atom stereocenters. The Morgan fingerprint density at radius 2 is 1.81 bits per heavy atom. The van der Waals surface area contributed by atoms with E-state index in [4.69, 9.17) is 4.74 Å². The van der Waals surface area contributed by atoms with Crippen molar-refractivity contribution in [3.63, 3.8) is 0 Å². The molecule has 0 bridgehead atoms. The Balaban J connectivity index is 0.000000260. The van der Waals surface area contributed by atoms with Gasteiger partial charge in [-0.1, -0.05) is 55.5 Å². The molecule has 3 heterocycles. The molecule has 6 heteroatoms. The molecule has 1 unspecified atom stereocenters. The third-order valence-corrected chi connectivity index (χ3v) is 5.01. The van der Waals surface area contributed by atoms with Crippen LogP contribution in [0.1, 0.15) is 25.0 Å². The van der Waals surface area contributed by atoms with Crippen LogP contribution in [0.5, 0.6) is 11.8 Å². The van der Waals surface area contributed by atoms with E-state index in [-0.39, 0.29) is 17.6 Å². The van der Waals surface area contributed by atoms with Crippen molar-refractivity contribution in [3.8, 4) is 11.8 Å². The summed E-state index contributed by atoms with van der Waals surface area (Å²) in [5.41, 5.74) is 3.81. The van der Waals surface area contributed by atoms with Gasteiger partial charge < -0.3 is 4.74 Å². The molecule has 5 rings (SSSR count). The number of H-pyrrole nitrogens is 1. The van der Waals surface area contributed by atoms with Crippen molar-refractivity contribution in [1.29, 1.82) is 0 Å². The summed E-state index contributed by atoms with van der Waals surface area (Å²) in [6, 6.07) is 20.0. The quantitative estimate of drug-likeness (QED) is 0.487. The molecule has 32 heavy (non-hydrogen) atoms. The van der Waals surface area contributed by atoms with Gasteiger partial charge in [0.2, 0.25) is 0 Å². The van der Waals surface area contributed by atoms with E-state index in [0.717, 1.165) is 17.6 Å². The maximum Gasteiger partial charge on any atom is 0.302 e. The predicted molar refractivity (Wildman–Crippen MR) is 128 cm³/mol. The van der Waals surface area contributed by atoms with Crippen molar-refractivity contribution < 1.29 is 4.74 Å². The molecule has 0 radical (unpaired) electrons. The minimum Gasteiger partial charge on any atom is -0.426 e. The number of ether oxygens (including phenoxy) is 1. The highest BCUT2D eigenvalue weighted by molar-refractivity contribution is 6.11. The van der Waals surface area contributed by atoms with Crippen LogP contribution in [-0.2, 0) is 6.42 Å². The molecule has 2 aromatic carbocycles. The second-order valence-corrected chi connectivity index (χ2v) is 7.37. The molecule has 1 aliphatic rings. The number of aromatic nitrogens is 3. The zero-order chi connectivity index (χ0) is 22.3. The normalized spacial score (nSPS) is 14.6. The Bertz CT molecular complexity index is 1310. The van der Waals surface area contributed by atoms with Gasteiger partial charge in [-0.15, -0.1) is 0 Å². The van der Waals surface area contributed by atoms with E-state index in [0.29, 0.717) is 16.7 Å². The molecule has 4 aromatic rings. The standard InChI is InChI=1S/C18H14N4O2.C8H10/c1-11-8-13(9-20-11)12-2-4-14(5-3-12)24-18-21-16-10-19-7-6-15(16)17(23)22-18;1-2-8-6-4-3-5-7-8/h2-11H,1H3,(H,21,22,23);3-7H,2H2,1H3. The monoisotopic (exact) mass is 424 g/mol. The van der Waals surface area contributed by atoms with Gasteiger partial charge in [-0.25, -0.2) is 0 Å². The summed E-state index contributed by atoms with van der Waals surface area (Å²) in [6.45, 7) is 4.20. The molecule has 160 valence electrons. The number of nitrogens with one attached hydrogen (secondary N) is 1. The van der Waals surface area contributed by atoms with Crippen LogP contribution in [0.4, 0.5) is 0 Å². The molecule has 0 saturated carbocycles. The summed E-state index contributed by atoms with van der Waals surface area (Å²) in [4.78, 5) is 27.2. The van der Waals surface area contributed by atoms with Gasteiger partial charge in [-0.2, -0.15) is 4.98 Å². The van der Waals surface area contributed by atoms with Crippen LogP contribution in [0, 0.1) is 0 Å². The average molecular weight is 425 g/mol. The van der Waals surface area contributed by atoms with Gasteiger partial charge in [0.15, 0.2) is 0 Å². The maximum absolute atomic E-state index is 12.0. The topological polar surface area (TPSA) is 80.2 Å². The Labute approximate surface area is 186 Å². The molecule has 0 saturated heterocycles. The van der Waals surface area contributed by atoms with Gasteiger partial charge >= 0.3 is 6.01 Å². The van der Waals surface area contributed by atoms with Gasteiger partial charge in [0.05, 0.1) is 23.1 Å². The van der Waals surface area contributed by atoms with Crippen molar-refractivity contribution >= 4 is 22.7 Å². The highest BCUT2D eigenvalue weighted by Crippen LogP contribution is 2.23. The first-order chi connectivity index (χ1) is 15.6. The summed E-state index contributed by atoms with van der Waals surface area (Å²) in [5.74, 6) is 0.591. The van der Waals surface area contributed by atoms with E-state index < -0.39 is 0 Å². The number of benzene rings is 2. The van der Waals surface area contributed by atoms with Crippen LogP contribution < -0.4 is 10.3 Å². The fourth-order valence-corrected chi connectivity index (χ4v) is 3.27. The highest BCUT2D eigenvalue weighted by Gasteiger charge is 2.09. The van der Waals surface area contributed by atoms with E-state index in [1.807, 2.05) is 43.5 Å². The molecule has 0 amide bonds. The summed E-state index contributed by atoms with van der Waals surface area (Å²) in [7, 11) is 0. The summed E-state index contributed by atoms with van der Waals surface area (Å²) in [5, 5.41) is 0.481. The van der Waals surface area contributed by atoms with Gasteiger partial charge in [-0.3, -0.25) is 19.8 Å². The number of hydrogen-bond donors (Lipinski definition) is 1. The molecule has 0 fully saturated rings. The Hall–Kier alpha value is -4.06. The first-order valence-corrected chi connectivity index (χ1v) is 10.5. The number of aryl methyl sites for hydroxylation is 1. The molecular formula is C26H24N4O2. The van der Waals surface area contributed by atoms with Crippen LogP contribution in [0.2, 0.25) is 0 Å². The Kier molecular flexibility index (Phi) is 6.51. The summed E-state index contributed by atoms with van der Waals surface area (Å²) >= 11 is 0. The van der Waals surface area contributed by atoms with Crippen LogP contribution in [0.3, 0.4) is 0 Å². The van der Waals surface area contributed by atoms with E-state index in [1.165, 1.54) is 11.8 Å². The highest BCUT2D eigenvalue weighted by atomic mass is 16.5. The van der Waals surface area contributed by atoms with E-state index in [2.05, 4.69) is 57.2 Å². The molecule has 0 spiro atoms. The Morgan fingerprint density at radius 3 is 2.47 bits per heavy atom. The lowest BCUT2D eigenvalue weighted by Crippen LogP contribution is -2.09. The smallest absolute Gasteiger partial charge is 0.302 e. The lowest BCUT2D eigenvalue weighted by atomic mass is 10.1. The van der Waals surface area contributed by atoms with E-state index in [9.17, 15) is 4.79 Å². The van der Waals surface area contributed by atoms with Gasteiger partial charge in [0.1, 0.15) is 5.75 Å². The van der Waals surface area contributed by atoms with E-state index >= 15 is 0 Å². The zero-order valence-corrected chi connectivity index (χ0v) is 18.0. The van der Waals surface area contributed by atoms with Crippen molar-refractivity contribution in [1.82, 2.24) is 15.0 Å². The predicted octanol–water partition coefficient (Wildman–Crippen LogP) is 5.22. The molecule has 2 aromatic heterocycles. The first-order valence-electron chi connectivity index (χ1n) is 10.5. The zero-order valence-electron chi connectivity index (χ0n) is 18.0. The number of pyridine rings is 1. The average Bonchev–Trinajstić information content (AvgIpc) is 3.27. The fourth-order valence-electron chi connectivity index (χ4n) is 3.27. The molecule has 6 nitrogen and oxygen atoms in total. The SMILES string of the molecule is CC1C=C(c2ccc(Oc3nc4cnccc4c(=O)[nH]3)cc2)C=N1.CCc1ccccc1. The molecule has 0 aliphatic carbocycles. The molecule has 1 N–H and O–H groups in total. The minimum atomic E-state index is -0.254. The Morgan fingerprint density at radius 1 is 1.03 bits per heavy atom. The third kappa shape index (κ3) is 5.16. The summed E-state index contributed by atoms with van der Waals surface area (Å²) < 4.78 is 5.66. The van der Waals surface area contributed by atoms with Crippen molar-refractivity contribution in [2.75, 3.05) is 0 Å². The van der Waals surface area contributed by atoms with Crippen LogP contribution >= 0.6 is 0 Å². The number of fused-ring (bicyclic) bond motifs is 1. The van der Waals surface area contributed by atoms with Gasteiger partial charge in [0, 0.05) is 12.4 Å². The van der Waals surface area contributed by atoms with Crippen LogP contribution in [-0.4, -0.2) is 27.2 Å². The number of nitrogens with zero attached hydrogens (tertiary/aromatic N) is 3. The third-order valence-electron chi connectivity index (χ3n) is 5.01. The molecule has 1 aliphatic heterocycles. The van der Waals surface area contributed by atoms with Gasteiger partial charge in [0.25, 0.3) is 5.56 Å². The number of aromatic amines is 1. The number of rotatable bonds is 4. The van der Waals surface area contributed by atoms with Crippen molar-refractivity contribution in [2.45, 2.75) is 26.3 Å². The largest absolute Gasteiger partial charge is 0.426 e. The van der Waals surface area contributed by atoms with Gasteiger partial charge in [-0.05, 0) is 48.2 Å². The fraction of sp³-hybridized carbons (Fsp3) is 0.154. The first kappa shape index (κ1) is 21.2. The van der Waals surface area contributed by atoms with E-state index in [1.54, 1.807) is 12.3 Å². The second kappa shape index (κ2) is 9.83. The van der Waals surface area contributed by atoms with Crippen molar-refractivity contribution in [2.24, 2.45) is 4.99 Å².